The number of nitrogens with two attached hydrogens (primary N) is 1. The molecule has 0 aromatic heterocycles. The summed E-state index contributed by atoms with van der Waals surface area (Å²) < 4.78 is 0. The summed E-state index contributed by atoms with van der Waals surface area (Å²) in [6.07, 6.45) is 9.29. The molecule has 2 unspecified atom stereocenters. The molecule has 0 aliphatic carbocycles. The number of unbranched alkanes of at least 4 members (excludes halogenated alkanes) is 6. The number of aliphatic hydroxyl groups excluding tert-OH is 1. The van der Waals surface area contributed by atoms with Crippen LogP contribution in [0.4, 0.5) is 0 Å². The highest BCUT2D eigenvalue weighted by atomic mass is 35.5. The molecular formula is C18H30ClNO. The molecule has 0 amide bonds. The Kier molecular flexibility index (Phi) is 9.73. The number of benzene rings is 1. The predicted molar refractivity (Wildman–Crippen MR) is 91.9 cm³/mol. The van der Waals surface area contributed by atoms with E-state index in [-0.39, 0.29) is 12.0 Å². The molecule has 1 rings (SSSR count). The Morgan fingerprint density at radius 1 is 1.10 bits per heavy atom. The molecule has 1 aromatic rings. The summed E-state index contributed by atoms with van der Waals surface area (Å²) in [7, 11) is 0. The zero-order valence-corrected chi connectivity index (χ0v) is 14.0. The molecular weight excluding hydrogens is 282 g/mol. The average Bonchev–Trinajstić information content (AvgIpc) is 2.47. The van der Waals surface area contributed by atoms with Gasteiger partial charge in [-0.2, -0.15) is 0 Å². The summed E-state index contributed by atoms with van der Waals surface area (Å²) in [5.41, 5.74) is 6.88. The highest BCUT2D eigenvalue weighted by molar-refractivity contribution is 6.30. The molecule has 120 valence electrons. The second-order valence-electron chi connectivity index (χ2n) is 5.87. The standard InChI is InChI=1S/C18H30ClNO/c1-2-3-4-5-6-7-8-12-18(21)17(14-20)15-10-9-11-16(19)13-15/h9-11,13,17-18,21H,2-8,12,14,20H2,1H3. The number of halogens is 1. The van der Waals surface area contributed by atoms with Crippen LogP contribution in [0.2, 0.25) is 5.02 Å². The largest absolute Gasteiger partial charge is 0.392 e. The van der Waals surface area contributed by atoms with Gasteiger partial charge in [0.05, 0.1) is 6.10 Å². The molecule has 3 heteroatoms. The van der Waals surface area contributed by atoms with Gasteiger partial charge in [-0.3, -0.25) is 0 Å². The minimum Gasteiger partial charge on any atom is -0.392 e. The Hall–Kier alpha value is -0.570. The van der Waals surface area contributed by atoms with Gasteiger partial charge in [0.2, 0.25) is 0 Å². The van der Waals surface area contributed by atoms with Gasteiger partial charge in [0, 0.05) is 17.5 Å². The summed E-state index contributed by atoms with van der Waals surface area (Å²) in [6, 6.07) is 7.67. The number of rotatable bonds is 11. The molecule has 1 aromatic carbocycles. The minimum atomic E-state index is -0.371. The second-order valence-corrected chi connectivity index (χ2v) is 6.31. The molecule has 0 radical (unpaired) electrons. The van der Waals surface area contributed by atoms with E-state index in [0.29, 0.717) is 11.6 Å². The Balaban J connectivity index is 2.30. The number of hydrogen-bond acceptors (Lipinski definition) is 2. The molecule has 2 atom stereocenters. The van der Waals surface area contributed by atoms with Crippen molar-refractivity contribution in [3.8, 4) is 0 Å². The lowest BCUT2D eigenvalue weighted by atomic mass is 9.90. The summed E-state index contributed by atoms with van der Waals surface area (Å²) in [6.45, 7) is 2.69. The lowest BCUT2D eigenvalue weighted by molar-refractivity contribution is 0.132. The van der Waals surface area contributed by atoms with Crippen molar-refractivity contribution in [1.29, 1.82) is 0 Å². The van der Waals surface area contributed by atoms with Gasteiger partial charge in [-0.1, -0.05) is 75.6 Å². The molecule has 2 nitrogen and oxygen atoms in total. The van der Waals surface area contributed by atoms with E-state index >= 15 is 0 Å². The van der Waals surface area contributed by atoms with E-state index in [1.54, 1.807) is 0 Å². The number of hydrogen-bond donors (Lipinski definition) is 2. The maximum atomic E-state index is 10.4. The van der Waals surface area contributed by atoms with E-state index in [0.717, 1.165) is 18.4 Å². The monoisotopic (exact) mass is 311 g/mol. The first-order valence-corrected chi connectivity index (χ1v) is 8.70. The van der Waals surface area contributed by atoms with Crippen LogP contribution in [0.1, 0.15) is 69.8 Å². The Morgan fingerprint density at radius 2 is 1.76 bits per heavy atom. The highest BCUT2D eigenvalue weighted by Crippen LogP contribution is 2.25. The molecule has 0 bridgehead atoms. The molecule has 0 saturated carbocycles. The van der Waals surface area contributed by atoms with Crippen LogP contribution < -0.4 is 5.73 Å². The zero-order valence-electron chi connectivity index (χ0n) is 13.2. The van der Waals surface area contributed by atoms with Crippen LogP contribution in [0.5, 0.6) is 0 Å². The first-order chi connectivity index (χ1) is 10.2. The van der Waals surface area contributed by atoms with Crippen molar-refractivity contribution in [1.82, 2.24) is 0 Å². The average molecular weight is 312 g/mol. The predicted octanol–water partition coefficient (Wildman–Crippen LogP) is 4.88. The van der Waals surface area contributed by atoms with E-state index in [1.807, 2.05) is 24.3 Å². The minimum absolute atomic E-state index is 0.0104. The van der Waals surface area contributed by atoms with Gasteiger partial charge >= 0.3 is 0 Å². The van der Waals surface area contributed by atoms with E-state index in [4.69, 9.17) is 17.3 Å². The van der Waals surface area contributed by atoms with Crippen molar-refractivity contribution in [2.24, 2.45) is 5.73 Å². The van der Waals surface area contributed by atoms with Crippen molar-refractivity contribution in [2.75, 3.05) is 6.54 Å². The summed E-state index contributed by atoms with van der Waals surface area (Å²) in [5, 5.41) is 11.1. The summed E-state index contributed by atoms with van der Waals surface area (Å²) in [4.78, 5) is 0. The first kappa shape index (κ1) is 18.5. The van der Waals surface area contributed by atoms with Crippen LogP contribution >= 0.6 is 11.6 Å². The van der Waals surface area contributed by atoms with E-state index in [1.165, 1.54) is 38.5 Å². The van der Waals surface area contributed by atoms with E-state index in [2.05, 4.69) is 6.92 Å². The first-order valence-electron chi connectivity index (χ1n) is 8.32. The van der Waals surface area contributed by atoms with Crippen LogP contribution in [0, 0.1) is 0 Å². The third-order valence-corrected chi connectivity index (χ3v) is 4.33. The van der Waals surface area contributed by atoms with Gasteiger partial charge in [-0.05, 0) is 24.1 Å². The van der Waals surface area contributed by atoms with Gasteiger partial charge in [0.1, 0.15) is 0 Å². The summed E-state index contributed by atoms with van der Waals surface area (Å²) in [5.74, 6) is -0.0104. The van der Waals surface area contributed by atoms with Crippen LogP contribution in [-0.2, 0) is 0 Å². The highest BCUT2D eigenvalue weighted by Gasteiger charge is 2.19. The molecule has 21 heavy (non-hydrogen) atoms. The zero-order chi connectivity index (χ0) is 15.5. The molecule has 0 saturated heterocycles. The molecule has 0 aliphatic heterocycles. The van der Waals surface area contributed by atoms with Crippen molar-refractivity contribution in [3.05, 3.63) is 34.9 Å². The third-order valence-electron chi connectivity index (χ3n) is 4.10. The normalized spacial score (nSPS) is 14.1. The van der Waals surface area contributed by atoms with Gasteiger partial charge in [0.15, 0.2) is 0 Å². The molecule has 0 heterocycles. The van der Waals surface area contributed by atoms with Gasteiger partial charge in [-0.25, -0.2) is 0 Å². The quantitative estimate of drug-likeness (QED) is 0.572. The lowest BCUT2D eigenvalue weighted by Crippen LogP contribution is -2.25. The van der Waals surface area contributed by atoms with Gasteiger partial charge in [0.25, 0.3) is 0 Å². The topological polar surface area (TPSA) is 46.2 Å². The van der Waals surface area contributed by atoms with Crippen LogP contribution in [0.25, 0.3) is 0 Å². The Bertz CT molecular complexity index is 383. The Morgan fingerprint density at radius 3 is 2.38 bits per heavy atom. The van der Waals surface area contributed by atoms with Crippen LogP contribution in [0.3, 0.4) is 0 Å². The lowest BCUT2D eigenvalue weighted by Gasteiger charge is -2.22. The SMILES string of the molecule is CCCCCCCCCC(O)C(CN)c1cccc(Cl)c1. The number of aliphatic hydroxyl groups is 1. The van der Waals surface area contributed by atoms with Crippen molar-refractivity contribution in [3.63, 3.8) is 0 Å². The van der Waals surface area contributed by atoms with Gasteiger partial charge in [-0.15, -0.1) is 0 Å². The smallest absolute Gasteiger partial charge is 0.0620 e. The van der Waals surface area contributed by atoms with Crippen LogP contribution in [0.15, 0.2) is 24.3 Å². The van der Waals surface area contributed by atoms with Crippen LogP contribution in [-0.4, -0.2) is 17.8 Å². The summed E-state index contributed by atoms with van der Waals surface area (Å²) >= 11 is 6.02. The maximum absolute atomic E-state index is 10.4. The van der Waals surface area contributed by atoms with Crippen molar-refractivity contribution in [2.45, 2.75) is 70.3 Å². The van der Waals surface area contributed by atoms with Crippen molar-refractivity contribution < 1.29 is 5.11 Å². The fourth-order valence-corrected chi connectivity index (χ4v) is 2.96. The van der Waals surface area contributed by atoms with E-state index in [9.17, 15) is 5.11 Å². The molecule has 0 spiro atoms. The third kappa shape index (κ3) is 7.30. The fraction of sp³-hybridized carbons (Fsp3) is 0.667. The Labute approximate surface area is 134 Å². The second kappa shape index (κ2) is 11.1. The fourth-order valence-electron chi connectivity index (χ4n) is 2.76. The van der Waals surface area contributed by atoms with Crippen molar-refractivity contribution >= 4 is 11.6 Å². The maximum Gasteiger partial charge on any atom is 0.0620 e. The van der Waals surface area contributed by atoms with Gasteiger partial charge < -0.3 is 10.8 Å². The molecule has 0 fully saturated rings. The molecule has 3 N–H and O–H groups in total. The van der Waals surface area contributed by atoms with E-state index < -0.39 is 0 Å². The molecule has 0 aliphatic rings.